The highest BCUT2D eigenvalue weighted by Crippen LogP contribution is 2.27. The molecule has 2 aromatic carbocycles. The van der Waals surface area contributed by atoms with Crippen molar-refractivity contribution in [2.45, 2.75) is 26.1 Å². The van der Waals surface area contributed by atoms with Crippen LogP contribution < -0.4 is 9.47 Å². The van der Waals surface area contributed by atoms with Gasteiger partial charge in [0.15, 0.2) is 0 Å². The van der Waals surface area contributed by atoms with E-state index in [1.54, 1.807) is 25.1 Å². The van der Waals surface area contributed by atoms with Crippen LogP contribution in [-0.4, -0.2) is 31.0 Å². The highest BCUT2D eigenvalue weighted by Gasteiger charge is 2.31. The molecule has 0 amide bonds. The van der Waals surface area contributed by atoms with Gasteiger partial charge in [0.05, 0.1) is 25.8 Å². The van der Waals surface area contributed by atoms with Gasteiger partial charge in [-0.1, -0.05) is 12.1 Å². The maximum Gasteiger partial charge on any atom is 0.573 e. The molecule has 0 unspecified atom stereocenters. The van der Waals surface area contributed by atoms with Crippen molar-refractivity contribution in [2.24, 2.45) is 0 Å². The van der Waals surface area contributed by atoms with E-state index in [4.69, 9.17) is 9.15 Å². The van der Waals surface area contributed by atoms with E-state index in [0.29, 0.717) is 41.7 Å². The molecule has 9 heteroatoms. The van der Waals surface area contributed by atoms with Gasteiger partial charge in [-0.15, -0.1) is 13.2 Å². The average Bonchev–Trinajstić information content (AvgIpc) is 3.08. The topological polar surface area (TPSA) is 70.8 Å². The van der Waals surface area contributed by atoms with Gasteiger partial charge in [0, 0.05) is 12.0 Å². The number of hydrogen-bond donors (Lipinski definition) is 0. The van der Waals surface area contributed by atoms with Crippen molar-refractivity contribution in [1.82, 2.24) is 4.98 Å². The summed E-state index contributed by atoms with van der Waals surface area (Å²) in [6.45, 7) is 2.08. The molecular formula is C22H20F3NO5. The summed E-state index contributed by atoms with van der Waals surface area (Å²) in [5, 5.41) is 0. The number of rotatable bonds is 8. The molecule has 6 nitrogen and oxygen atoms in total. The Bertz CT molecular complexity index is 1030. The molecule has 0 saturated carbocycles. The van der Waals surface area contributed by atoms with Crippen molar-refractivity contribution in [1.29, 1.82) is 0 Å². The molecule has 3 rings (SSSR count). The predicted molar refractivity (Wildman–Crippen MR) is 105 cm³/mol. The van der Waals surface area contributed by atoms with E-state index in [2.05, 4.69) is 14.5 Å². The van der Waals surface area contributed by atoms with Gasteiger partial charge < -0.3 is 18.6 Å². The van der Waals surface area contributed by atoms with Crippen molar-refractivity contribution in [3.8, 4) is 23.0 Å². The van der Waals surface area contributed by atoms with E-state index < -0.39 is 6.36 Å². The quantitative estimate of drug-likeness (QED) is 0.470. The van der Waals surface area contributed by atoms with Crippen LogP contribution >= 0.6 is 0 Å². The second-order valence-electron chi connectivity index (χ2n) is 6.59. The zero-order valence-corrected chi connectivity index (χ0v) is 16.9. The standard InChI is InChI=1S/C22H20F3NO5/c1-14-19(10-11-29-18-5-3-4-15(12-18)13-20(27)28-2)26-21(30-14)16-6-8-17(9-7-16)31-22(23,24)25/h3-9,12H,10-11,13H2,1-2H3. The summed E-state index contributed by atoms with van der Waals surface area (Å²) in [5.41, 5.74) is 1.99. The minimum atomic E-state index is -4.74. The molecule has 0 bridgehead atoms. The van der Waals surface area contributed by atoms with E-state index in [0.717, 1.165) is 5.56 Å². The van der Waals surface area contributed by atoms with Gasteiger partial charge in [-0.05, 0) is 48.9 Å². The minimum Gasteiger partial charge on any atom is -0.493 e. The summed E-state index contributed by atoms with van der Waals surface area (Å²) in [7, 11) is 1.34. The monoisotopic (exact) mass is 435 g/mol. The number of hydrogen-bond acceptors (Lipinski definition) is 6. The molecule has 0 spiro atoms. The number of aromatic nitrogens is 1. The van der Waals surface area contributed by atoms with Crippen molar-refractivity contribution in [2.75, 3.05) is 13.7 Å². The lowest BCUT2D eigenvalue weighted by Crippen LogP contribution is -2.16. The van der Waals surface area contributed by atoms with E-state index >= 15 is 0 Å². The summed E-state index contributed by atoms with van der Waals surface area (Å²) in [4.78, 5) is 15.8. The molecule has 1 heterocycles. The van der Waals surface area contributed by atoms with Crippen LogP contribution in [0.5, 0.6) is 11.5 Å². The third kappa shape index (κ3) is 6.50. The SMILES string of the molecule is COC(=O)Cc1cccc(OCCc2nc(-c3ccc(OC(F)(F)F)cc3)oc2C)c1. The van der Waals surface area contributed by atoms with Crippen molar-refractivity contribution >= 4 is 5.97 Å². The molecule has 0 radical (unpaired) electrons. The fourth-order valence-electron chi connectivity index (χ4n) is 2.83. The zero-order chi connectivity index (χ0) is 22.4. The van der Waals surface area contributed by atoms with Gasteiger partial charge in [-0.3, -0.25) is 4.79 Å². The smallest absolute Gasteiger partial charge is 0.493 e. The number of ether oxygens (including phenoxy) is 3. The third-order valence-corrected chi connectivity index (χ3v) is 4.31. The lowest BCUT2D eigenvalue weighted by Gasteiger charge is -2.08. The number of carbonyl (C=O) groups excluding carboxylic acids is 1. The summed E-state index contributed by atoms with van der Waals surface area (Å²) >= 11 is 0. The number of benzene rings is 2. The normalized spacial score (nSPS) is 11.3. The minimum absolute atomic E-state index is 0.159. The van der Waals surface area contributed by atoms with Crippen molar-refractivity contribution in [3.63, 3.8) is 0 Å². The Balaban J connectivity index is 1.59. The largest absolute Gasteiger partial charge is 0.573 e. The average molecular weight is 435 g/mol. The second-order valence-corrected chi connectivity index (χ2v) is 6.59. The number of nitrogens with zero attached hydrogens (tertiary/aromatic N) is 1. The number of aryl methyl sites for hydroxylation is 1. The molecule has 0 aliphatic rings. The second kappa shape index (κ2) is 9.55. The third-order valence-electron chi connectivity index (χ3n) is 4.31. The van der Waals surface area contributed by atoms with Gasteiger partial charge in [-0.2, -0.15) is 0 Å². The fraction of sp³-hybridized carbons (Fsp3) is 0.273. The van der Waals surface area contributed by atoms with E-state index in [9.17, 15) is 18.0 Å². The van der Waals surface area contributed by atoms with Crippen molar-refractivity contribution < 1.29 is 36.6 Å². The molecule has 3 aromatic rings. The van der Waals surface area contributed by atoms with Crippen LogP contribution in [-0.2, 0) is 22.4 Å². The number of esters is 1. The fourth-order valence-corrected chi connectivity index (χ4v) is 2.83. The van der Waals surface area contributed by atoms with Crippen LogP contribution in [0.2, 0.25) is 0 Å². The first kappa shape index (κ1) is 22.2. The Kier molecular flexibility index (Phi) is 6.84. The van der Waals surface area contributed by atoms with Crippen LogP contribution in [0.1, 0.15) is 17.0 Å². The van der Waals surface area contributed by atoms with Crippen LogP contribution in [0.25, 0.3) is 11.5 Å². The number of carbonyl (C=O) groups is 1. The van der Waals surface area contributed by atoms with E-state index in [-0.39, 0.29) is 18.1 Å². The highest BCUT2D eigenvalue weighted by atomic mass is 19.4. The molecule has 0 saturated heterocycles. The van der Waals surface area contributed by atoms with E-state index in [1.165, 1.54) is 31.4 Å². The van der Waals surface area contributed by atoms with Gasteiger partial charge >= 0.3 is 12.3 Å². The lowest BCUT2D eigenvalue weighted by atomic mass is 10.1. The van der Waals surface area contributed by atoms with Gasteiger partial charge in [0.1, 0.15) is 17.3 Å². The lowest BCUT2D eigenvalue weighted by molar-refractivity contribution is -0.274. The Morgan fingerprint density at radius 1 is 1.10 bits per heavy atom. The van der Waals surface area contributed by atoms with Crippen LogP contribution in [0, 0.1) is 6.92 Å². The Labute approximate surface area is 176 Å². The summed E-state index contributed by atoms with van der Waals surface area (Å²) in [6.07, 6.45) is -4.12. The first-order valence-corrected chi connectivity index (χ1v) is 9.34. The molecule has 1 aromatic heterocycles. The Morgan fingerprint density at radius 3 is 2.52 bits per heavy atom. The van der Waals surface area contributed by atoms with Crippen LogP contribution in [0.15, 0.2) is 52.9 Å². The summed E-state index contributed by atoms with van der Waals surface area (Å²) in [5.74, 6) is 0.853. The first-order valence-electron chi connectivity index (χ1n) is 9.34. The maximum absolute atomic E-state index is 12.3. The summed E-state index contributed by atoms with van der Waals surface area (Å²) < 4.78 is 56.7. The molecule has 0 aliphatic heterocycles. The van der Waals surface area contributed by atoms with Gasteiger partial charge in [-0.25, -0.2) is 4.98 Å². The Morgan fingerprint density at radius 2 is 1.84 bits per heavy atom. The molecule has 31 heavy (non-hydrogen) atoms. The number of methoxy groups -OCH3 is 1. The molecular weight excluding hydrogens is 415 g/mol. The van der Waals surface area contributed by atoms with Crippen LogP contribution in [0.4, 0.5) is 13.2 Å². The predicted octanol–water partition coefficient (Wildman–Crippen LogP) is 4.89. The Hall–Kier alpha value is -3.49. The number of oxazole rings is 1. The van der Waals surface area contributed by atoms with E-state index in [1.807, 2.05) is 6.07 Å². The summed E-state index contributed by atoms with van der Waals surface area (Å²) in [6, 6.07) is 12.4. The molecule has 0 fully saturated rings. The van der Waals surface area contributed by atoms with Crippen LogP contribution in [0.3, 0.4) is 0 Å². The number of halogens is 3. The molecule has 0 atom stereocenters. The molecule has 0 aliphatic carbocycles. The van der Waals surface area contributed by atoms with Gasteiger partial charge in [0.25, 0.3) is 0 Å². The molecule has 164 valence electrons. The zero-order valence-electron chi connectivity index (χ0n) is 16.9. The van der Waals surface area contributed by atoms with Crippen molar-refractivity contribution in [3.05, 3.63) is 65.5 Å². The highest BCUT2D eigenvalue weighted by molar-refractivity contribution is 5.72. The molecule has 0 N–H and O–H groups in total. The van der Waals surface area contributed by atoms with Gasteiger partial charge in [0.2, 0.25) is 5.89 Å². The number of alkyl halides is 3. The first-order chi connectivity index (χ1) is 14.7. The maximum atomic E-state index is 12.3.